The van der Waals surface area contributed by atoms with Gasteiger partial charge in [-0.25, -0.2) is 4.98 Å². The average molecular weight is 268 g/mol. The molecule has 0 aliphatic rings. The number of hydrogen-bond acceptors (Lipinski definition) is 4. The van der Waals surface area contributed by atoms with Gasteiger partial charge in [-0.15, -0.1) is 0 Å². The highest BCUT2D eigenvalue weighted by Gasteiger charge is 2.15. The zero-order chi connectivity index (χ0) is 13.9. The minimum absolute atomic E-state index is 0.535. The highest BCUT2D eigenvalue weighted by molar-refractivity contribution is 5.63. The summed E-state index contributed by atoms with van der Waals surface area (Å²) in [5.74, 6) is 1.20. The second-order valence-corrected chi connectivity index (χ2v) is 4.65. The molecule has 0 unspecified atom stereocenters. The van der Waals surface area contributed by atoms with Gasteiger partial charge in [-0.1, -0.05) is 37.3 Å². The van der Waals surface area contributed by atoms with Gasteiger partial charge < -0.3 is 4.52 Å². The SMILES string of the molecule is CCCc1nc(-n2cnc(C)c2-c2ccccc2)no1. The van der Waals surface area contributed by atoms with E-state index in [2.05, 4.69) is 22.0 Å². The maximum Gasteiger partial charge on any atom is 0.275 e. The molecule has 0 bridgehead atoms. The number of aromatic nitrogens is 4. The highest BCUT2D eigenvalue weighted by atomic mass is 16.5. The minimum Gasteiger partial charge on any atom is -0.337 e. The Morgan fingerprint density at radius 2 is 2.00 bits per heavy atom. The molecular formula is C15H16N4O. The van der Waals surface area contributed by atoms with Crippen LogP contribution in [-0.4, -0.2) is 19.7 Å². The van der Waals surface area contributed by atoms with Crippen molar-refractivity contribution in [3.8, 4) is 17.2 Å². The molecule has 0 amide bonds. The molecule has 3 rings (SSSR count). The first-order valence-corrected chi connectivity index (χ1v) is 6.72. The lowest BCUT2D eigenvalue weighted by Crippen LogP contribution is -1.98. The Bertz CT molecular complexity index is 700. The first-order chi connectivity index (χ1) is 9.79. The summed E-state index contributed by atoms with van der Waals surface area (Å²) < 4.78 is 7.12. The van der Waals surface area contributed by atoms with Crippen LogP contribution >= 0.6 is 0 Å². The zero-order valence-corrected chi connectivity index (χ0v) is 11.6. The maximum atomic E-state index is 5.25. The number of aryl methyl sites for hydroxylation is 2. The van der Waals surface area contributed by atoms with Crippen molar-refractivity contribution in [2.75, 3.05) is 0 Å². The van der Waals surface area contributed by atoms with Gasteiger partial charge >= 0.3 is 0 Å². The van der Waals surface area contributed by atoms with Crippen LogP contribution < -0.4 is 0 Å². The van der Waals surface area contributed by atoms with Gasteiger partial charge in [0.25, 0.3) is 5.95 Å². The molecule has 5 nitrogen and oxygen atoms in total. The Kier molecular flexibility index (Phi) is 3.33. The van der Waals surface area contributed by atoms with E-state index < -0.39 is 0 Å². The second-order valence-electron chi connectivity index (χ2n) is 4.65. The Labute approximate surface area is 117 Å². The van der Waals surface area contributed by atoms with Crippen LogP contribution in [0.15, 0.2) is 41.2 Å². The van der Waals surface area contributed by atoms with E-state index in [0.717, 1.165) is 29.8 Å². The molecule has 3 aromatic rings. The minimum atomic E-state index is 0.535. The molecule has 0 atom stereocenters. The standard InChI is InChI=1S/C15H16N4O/c1-3-7-13-17-15(18-20-13)19-10-16-11(2)14(19)12-8-5-4-6-9-12/h4-6,8-10H,3,7H2,1-2H3. The third-order valence-corrected chi connectivity index (χ3v) is 3.13. The Balaban J connectivity index is 2.06. The summed E-state index contributed by atoms with van der Waals surface area (Å²) in [7, 11) is 0. The smallest absolute Gasteiger partial charge is 0.275 e. The van der Waals surface area contributed by atoms with E-state index >= 15 is 0 Å². The highest BCUT2D eigenvalue weighted by Crippen LogP contribution is 2.24. The summed E-state index contributed by atoms with van der Waals surface area (Å²) in [6, 6.07) is 10.1. The first kappa shape index (κ1) is 12.6. The van der Waals surface area contributed by atoms with Crippen molar-refractivity contribution in [2.45, 2.75) is 26.7 Å². The molecule has 0 aliphatic carbocycles. The van der Waals surface area contributed by atoms with Gasteiger partial charge in [0.15, 0.2) is 0 Å². The summed E-state index contributed by atoms with van der Waals surface area (Å²) in [5, 5.41) is 4.04. The Hall–Kier alpha value is -2.43. The molecule has 0 spiro atoms. The summed E-state index contributed by atoms with van der Waals surface area (Å²) in [6.45, 7) is 4.06. The third-order valence-electron chi connectivity index (χ3n) is 3.13. The van der Waals surface area contributed by atoms with Crippen LogP contribution in [0.25, 0.3) is 17.2 Å². The van der Waals surface area contributed by atoms with Gasteiger partial charge in [0.2, 0.25) is 5.89 Å². The lowest BCUT2D eigenvalue weighted by atomic mass is 10.1. The van der Waals surface area contributed by atoms with Crippen LogP contribution in [0.1, 0.15) is 24.9 Å². The normalized spacial score (nSPS) is 10.9. The average Bonchev–Trinajstić information content (AvgIpc) is 3.07. The second kappa shape index (κ2) is 5.28. The van der Waals surface area contributed by atoms with Crippen LogP contribution in [-0.2, 0) is 6.42 Å². The molecule has 102 valence electrons. The molecule has 0 saturated heterocycles. The molecule has 1 aromatic carbocycles. The van der Waals surface area contributed by atoms with E-state index in [1.165, 1.54) is 0 Å². The number of imidazole rings is 1. The molecule has 2 heterocycles. The number of nitrogens with zero attached hydrogens (tertiary/aromatic N) is 4. The van der Waals surface area contributed by atoms with Gasteiger partial charge in [-0.3, -0.25) is 4.57 Å². The van der Waals surface area contributed by atoms with Gasteiger partial charge in [-0.05, 0) is 18.5 Å². The topological polar surface area (TPSA) is 56.7 Å². The van der Waals surface area contributed by atoms with Crippen molar-refractivity contribution in [3.05, 3.63) is 48.2 Å². The van der Waals surface area contributed by atoms with E-state index in [1.807, 2.05) is 41.8 Å². The van der Waals surface area contributed by atoms with Gasteiger partial charge in [-0.2, -0.15) is 4.98 Å². The zero-order valence-electron chi connectivity index (χ0n) is 11.6. The maximum absolute atomic E-state index is 5.25. The summed E-state index contributed by atoms with van der Waals surface area (Å²) >= 11 is 0. The van der Waals surface area contributed by atoms with E-state index in [1.54, 1.807) is 6.33 Å². The van der Waals surface area contributed by atoms with Crippen LogP contribution in [0.3, 0.4) is 0 Å². The molecule has 2 aromatic heterocycles. The van der Waals surface area contributed by atoms with E-state index in [-0.39, 0.29) is 0 Å². The molecule has 20 heavy (non-hydrogen) atoms. The van der Waals surface area contributed by atoms with Crippen LogP contribution in [0, 0.1) is 6.92 Å². The van der Waals surface area contributed by atoms with Crippen LogP contribution in [0.2, 0.25) is 0 Å². The molecule has 0 aliphatic heterocycles. The lowest BCUT2D eigenvalue weighted by Gasteiger charge is -2.04. The lowest BCUT2D eigenvalue weighted by molar-refractivity contribution is 0.375. The fourth-order valence-electron chi connectivity index (χ4n) is 2.19. The quantitative estimate of drug-likeness (QED) is 0.729. The van der Waals surface area contributed by atoms with Gasteiger partial charge in [0.05, 0.1) is 11.4 Å². The molecule has 0 N–H and O–H groups in total. The van der Waals surface area contributed by atoms with E-state index in [9.17, 15) is 0 Å². The van der Waals surface area contributed by atoms with Crippen molar-refractivity contribution < 1.29 is 4.52 Å². The molecular weight excluding hydrogens is 252 g/mol. The number of benzene rings is 1. The monoisotopic (exact) mass is 268 g/mol. The van der Waals surface area contributed by atoms with Crippen molar-refractivity contribution in [2.24, 2.45) is 0 Å². The van der Waals surface area contributed by atoms with Crippen molar-refractivity contribution in [1.29, 1.82) is 0 Å². The van der Waals surface area contributed by atoms with Crippen LogP contribution in [0.4, 0.5) is 0 Å². The van der Waals surface area contributed by atoms with E-state index in [0.29, 0.717) is 11.8 Å². The van der Waals surface area contributed by atoms with Crippen molar-refractivity contribution >= 4 is 0 Å². The van der Waals surface area contributed by atoms with Crippen LogP contribution in [0.5, 0.6) is 0 Å². The van der Waals surface area contributed by atoms with Crippen molar-refractivity contribution in [3.63, 3.8) is 0 Å². The molecule has 0 radical (unpaired) electrons. The third kappa shape index (κ3) is 2.22. The Morgan fingerprint density at radius 1 is 1.20 bits per heavy atom. The molecule has 0 saturated carbocycles. The summed E-state index contributed by atoms with van der Waals surface area (Å²) in [6.07, 6.45) is 3.51. The van der Waals surface area contributed by atoms with Crippen molar-refractivity contribution in [1.82, 2.24) is 19.7 Å². The summed E-state index contributed by atoms with van der Waals surface area (Å²) in [4.78, 5) is 8.78. The predicted molar refractivity (Wildman–Crippen MR) is 75.6 cm³/mol. The van der Waals surface area contributed by atoms with E-state index in [4.69, 9.17) is 4.52 Å². The fraction of sp³-hybridized carbons (Fsp3) is 0.267. The number of rotatable bonds is 4. The fourth-order valence-corrected chi connectivity index (χ4v) is 2.19. The largest absolute Gasteiger partial charge is 0.337 e. The predicted octanol–water partition coefficient (Wildman–Crippen LogP) is 3.18. The Morgan fingerprint density at radius 3 is 2.75 bits per heavy atom. The first-order valence-electron chi connectivity index (χ1n) is 6.72. The summed E-state index contributed by atoms with van der Waals surface area (Å²) in [5.41, 5.74) is 3.02. The number of hydrogen-bond donors (Lipinski definition) is 0. The van der Waals surface area contributed by atoms with Gasteiger partial charge in [0, 0.05) is 12.0 Å². The van der Waals surface area contributed by atoms with Gasteiger partial charge in [0.1, 0.15) is 6.33 Å². The molecule has 0 fully saturated rings. The molecule has 5 heteroatoms.